The molecule has 12 heavy (non-hydrogen) atoms. The Hall–Kier alpha value is -1.91. The largest absolute Gasteiger partial charge is 0.236 e. The van der Waals surface area contributed by atoms with Crippen LogP contribution in [0.25, 0.3) is 0 Å². The fraction of sp³-hybridized carbons (Fsp3) is 0.111. The summed E-state index contributed by atoms with van der Waals surface area (Å²) in [5.74, 6) is 4.20. The van der Waals surface area contributed by atoms with E-state index >= 15 is 0 Å². The van der Waals surface area contributed by atoms with Crippen molar-refractivity contribution in [3.8, 4) is 0 Å². The van der Waals surface area contributed by atoms with Gasteiger partial charge in [-0.2, -0.15) is 4.99 Å². The molecule has 0 N–H and O–H groups in total. The predicted molar refractivity (Wildman–Crippen MR) is 45.3 cm³/mol. The SMILES string of the molecule is Cc1ccnc(N=C=C=C=O)c1. The van der Waals surface area contributed by atoms with Gasteiger partial charge in [0, 0.05) is 11.9 Å². The van der Waals surface area contributed by atoms with Crippen LogP contribution in [0.4, 0.5) is 5.82 Å². The highest BCUT2D eigenvalue weighted by molar-refractivity contribution is 5.65. The molecule has 0 spiro atoms. The Kier molecular flexibility index (Phi) is 2.78. The van der Waals surface area contributed by atoms with Crippen LogP contribution in [0.1, 0.15) is 5.56 Å². The number of rotatable bonds is 1. The van der Waals surface area contributed by atoms with E-state index in [1.165, 1.54) is 5.94 Å². The van der Waals surface area contributed by atoms with E-state index in [1.54, 1.807) is 12.3 Å². The van der Waals surface area contributed by atoms with Gasteiger partial charge in [0.1, 0.15) is 0 Å². The van der Waals surface area contributed by atoms with Gasteiger partial charge in [0.05, 0.1) is 5.87 Å². The molecule has 1 rings (SSSR count). The molecule has 0 saturated heterocycles. The number of aryl methyl sites for hydroxylation is 1. The third-order valence-corrected chi connectivity index (χ3v) is 1.18. The van der Waals surface area contributed by atoms with Gasteiger partial charge in [0.2, 0.25) is 0 Å². The van der Waals surface area contributed by atoms with Gasteiger partial charge in [-0.3, -0.25) is 0 Å². The highest BCUT2D eigenvalue weighted by Crippen LogP contribution is 2.07. The number of hydrogen-bond donors (Lipinski definition) is 0. The minimum Gasteiger partial charge on any atom is -0.236 e. The van der Waals surface area contributed by atoms with Crippen LogP contribution < -0.4 is 0 Å². The van der Waals surface area contributed by atoms with Crippen LogP contribution in [0.15, 0.2) is 29.1 Å². The molecular weight excluding hydrogens is 152 g/mol. The van der Waals surface area contributed by atoms with E-state index in [-0.39, 0.29) is 0 Å². The Balaban J connectivity index is 3.05. The third-order valence-electron chi connectivity index (χ3n) is 1.18. The molecule has 0 radical (unpaired) electrons. The molecule has 0 fully saturated rings. The number of nitrogens with zero attached hydrogens (tertiary/aromatic N) is 2. The molecule has 0 aliphatic rings. The lowest BCUT2D eigenvalue weighted by Gasteiger charge is -1.90. The summed E-state index contributed by atoms with van der Waals surface area (Å²) < 4.78 is 0. The number of pyridine rings is 1. The normalized spacial score (nSPS) is 7.75. The second-order valence-electron chi connectivity index (χ2n) is 2.14. The molecule has 1 aromatic rings. The van der Waals surface area contributed by atoms with E-state index in [4.69, 9.17) is 0 Å². The summed E-state index contributed by atoms with van der Waals surface area (Å²) >= 11 is 0. The fourth-order valence-electron chi connectivity index (χ4n) is 0.689. The van der Waals surface area contributed by atoms with E-state index < -0.39 is 0 Å². The highest BCUT2D eigenvalue weighted by Gasteiger charge is 1.87. The Labute approximate surface area is 69.8 Å². The van der Waals surface area contributed by atoms with Crippen molar-refractivity contribution in [2.45, 2.75) is 6.92 Å². The average molecular weight is 158 g/mol. The van der Waals surface area contributed by atoms with Crippen molar-refractivity contribution in [2.75, 3.05) is 0 Å². The maximum atomic E-state index is 9.68. The molecule has 0 amide bonds. The van der Waals surface area contributed by atoms with E-state index in [9.17, 15) is 4.79 Å². The standard InChI is InChI=1S/C9H6N2O/c1-8-3-5-11-9(7-8)10-4-2-6-12/h3,5,7H,1H3. The van der Waals surface area contributed by atoms with Gasteiger partial charge in [-0.05, 0) is 24.6 Å². The van der Waals surface area contributed by atoms with E-state index in [2.05, 4.69) is 21.6 Å². The van der Waals surface area contributed by atoms with Crippen molar-refractivity contribution >= 4 is 17.6 Å². The van der Waals surface area contributed by atoms with Crippen LogP contribution in [0.3, 0.4) is 0 Å². The number of hydrogen-bond acceptors (Lipinski definition) is 3. The lowest BCUT2D eigenvalue weighted by atomic mass is 10.3. The first-order chi connectivity index (χ1) is 5.83. The molecule has 0 aliphatic carbocycles. The van der Waals surface area contributed by atoms with Gasteiger partial charge in [-0.15, -0.1) is 0 Å². The van der Waals surface area contributed by atoms with Crippen molar-refractivity contribution in [3.05, 3.63) is 29.6 Å². The maximum absolute atomic E-state index is 9.68. The number of aromatic nitrogens is 1. The molecular formula is C9H6N2O. The minimum absolute atomic E-state index is 0.512. The summed E-state index contributed by atoms with van der Waals surface area (Å²) in [4.78, 5) is 17.3. The monoisotopic (exact) mass is 158 g/mol. The Morgan fingerprint density at radius 2 is 2.42 bits per heavy atom. The Morgan fingerprint density at radius 3 is 3.08 bits per heavy atom. The smallest absolute Gasteiger partial charge is 0.187 e. The zero-order valence-electron chi connectivity index (χ0n) is 6.53. The van der Waals surface area contributed by atoms with Gasteiger partial charge < -0.3 is 0 Å². The summed E-state index contributed by atoms with van der Waals surface area (Å²) in [5.41, 5.74) is 3.11. The molecule has 1 aromatic heterocycles. The summed E-state index contributed by atoms with van der Waals surface area (Å²) in [7, 11) is 0. The fourth-order valence-corrected chi connectivity index (χ4v) is 0.689. The molecule has 58 valence electrons. The minimum atomic E-state index is 0.512. The van der Waals surface area contributed by atoms with Gasteiger partial charge >= 0.3 is 0 Å². The second kappa shape index (κ2) is 4.07. The molecule has 0 saturated carbocycles. The first-order valence-electron chi connectivity index (χ1n) is 3.33. The summed E-state index contributed by atoms with van der Waals surface area (Å²) in [6.45, 7) is 1.93. The van der Waals surface area contributed by atoms with Crippen LogP contribution in [0, 0.1) is 6.92 Å². The molecule has 0 aromatic carbocycles. The van der Waals surface area contributed by atoms with Crippen molar-refractivity contribution in [1.82, 2.24) is 4.98 Å². The lowest BCUT2D eigenvalue weighted by molar-refractivity contribution is 0.569. The first kappa shape index (κ1) is 8.19. The average Bonchev–Trinajstić information content (AvgIpc) is 2.05. The molecule has 0 aliphatic heterocycles. The molecule has 0 unspecified atom stereocenters. The van der Waals surface area contributed by atoms with Crippen LogP contribution in [0.5, 0.6) is 0 Å². The van der Waals surface area contributed by atoms with Gasteiger partial charge in [-0.25, -0.2) is 9.78 Å². The van der Waals surface area contributed by atoms with Crippen LogP contribution in [-0.4, -0.2) is 16.8 Å². The van der Waals surface area contributed by atoms with E-state index in [0.29, 0.717) is 5.82 Å². The molecule has 0 atom stereocenters. The lowest BCUT2D eigenvalue weighted by Crippen LogP contribution is -1.74. The third kappa shape index (κ3) is 2.37. The van der Waals surface area contributed by atoms with Gasteiger partial charge in [0.15, 0.2) is 11.8 Å². The summed E-state index contributed by atoms with van der Waals surface area (Å²) in [5, 5.41) is 0. The van der Waals surface area contributed by atoms with Crippen molar-refractivity contribution in [2.24, 2.45) is 4.99 Å². The number of carbonyl (C=O) groups excluding carboxylic acids is 1. The van der Waals surface area contributed by atoms with Crippen molar-refractivity contribution in [3.63, 3.8) is 0 Å². The van der Waals surface area contributed by atoms with Crippen LogP contribution in [0.2, 0.25) is 0 Å². The van der Waals surface area contributed by atoms with Gasteiger partial charge in [0.25, 0.3) is 0 Å². The van der Waals surface area contributed by atoms with E-state index in [1.807, 2.05) is 13.0 Å². The first-order valence-corrected chi connectivity index (χ1v) is 3.33. The predicted octanol–water partition coefficient (Wildman–Crippen LogP) is 1.23. The van der Waals surface area contributed by atoms with Crippen LogP contribution >= 0.6 is 0 Å². The molecule has 3 nitrogen and oxygen atoms in total. The Morgan fingerprint density at radius 1 is 1.58 bits per heavy atom. The summed E-state index contributed by atoms with van der Waals surface area (Å²) in [6, 6.07) is 3.64. The van der Waals surface area contributed by atoms with Gasteiger partial charge in [-0.1, -0.05) is 0 Å². The van der Waals surface area contributed by atoms with Crippen molar-refractivity contribution in [1.29, 1.82) is 0 Å². The summed E-state index contributed by atoms with van der Waals surface area (Å²) in [6.07, 6.45) is 1.64. The quantitative estimate of drug-likeness (QED) is 0.350. The second-order valence-corrected chi connectivity index (χ2v) is 2.14. The molecule has 3 heteroatoms. The number of aliphatic imine (C=N–C) groups is 1. The van der Waals surface area contributed by atoms with E-state index in [0.717, 1.165) is 5.56 Å². The highest BCUT2D eigenvalue weighted by atomic mass is 16.1. The van der Waals surface area contributed by atoms with Crippen molar-refractivity contribution < 1.29 is 4.79 Å². The van der Waals surface area contributed by atoms with Crippen LogP contribution in [-0.2, 0) is 4.79 Å². The Bertz CT molecular complexity index is 393. The molecule has 0 bridgehead atoms. The molecule has 1 heterocycles. The zero-order valence-corrected chi connectivity index (χ0v) is 6.53. The maximum Gasteiger partial charge on any atom is 0.187 e. The topological polar surface area (TPSA) is 42.3 Å². The zero-order chi connectivity index (χ0) is 8.81.